The van der Waals surface area contributed by atoms with Crippen molar-refractivity contribution >= 4 is 17.4 Å². The van der Waals surface area contributed by atoms with E-state index in [1.54, 1.807) is 0 Å². The number of anilines is 2. The molecule has 4 rings (SSSR count). The van der Waals surface area contributed by atoms with Crippen molar-refractivity contribution in [1.29, 1.82) is 0 Å². The van der Waals surface area contributed by atoms with Crippen molar-refractivity contribution < 1.29 is 4.79 Å². The number of amides is 1. The lowest BCUT2D eigenvalue weighted by Gasteiger charge is -2.29. The lowest BCUT2D eigenvalue weighted by Crippen LogP contribution is -2.43. The molecule has 0 radical (unpaired) electrons. The monoisotopic (exact) mass is 300 g/mol. The molecule has 1 aromatic rings. The number of hydrogen-bond acceptors (Lipinski definition) is 4. The Bertz CT molecular complexity index is 518. The number of nitrogens with zero attached hydrogens (tertiary/aromatic N) is 2. The number of piperazine rings is 1. The fraction of sp³-hybridized carbons (Fsp3) is 0.647. The van der Waals surface area contributed by atoms with Crippen LogP contribution in [0.2, 0.25) is 0 Å². The van der Waals surface area contributed by atoms with Gasteiger partial charge in [-0.15, -0.1) is 0 Å². The highest BCUT2D eigenvalue weighted by Crippen LogP contribution is 2.49. The van der Waals surface area contributed by atoms with Gasteiger partial charge in [-0.1, -0.05) is 0 Å². The van der Waals surface area contributed by atoms with E-state index in [0.29, 0.717) is 17.7 Å². The summed E-state index contributed by atoms with van der Waals surface area (Å²) < 4.78 is 0. The van der Waals surface area contributed by atoms with Crippen molar-refractivity contribution in [2.75, 3.05) is 36.4 Å². The van der Waals surface area contributed by atoms with Crippen LogP contribution in [-0.2, 0) is 4.79 Å². The molecule has 0 atom stereocenters. The van der Waals surface area contributed by atoms with E-state index in [2.05, 4.69) is 26.6 Å². The topological polar surface area (TPSA) is 57.3 Å². The van der Waals surface area contributed by atoms with Gasteiger partial charge in [0.25, 0.3) is 0 Å². The maximum atomic E-state index is 12.5. The van der Waals surface area contributed by atoms with Gasteiger partial charge in [0, 0.05) is 32.1 Å². The van der Waals surface area contributed by atoms with E-state index in [0.717, 1.165) is 31.9 Å². The Kier molecular flexibility index (Phi) is 3.74. The van der Waals surface area contributed by atoms with Crippen LogP contribution >= 0.6 is 0 Å². The van der Waals surface area contributed by atoms with Crippen LogP contribution in [0.15, 0.2) is 18.3 Å². The van der Waals surface area contributed by atoms with E-state index in [9.17, 15) is 4.79 Å². The van der Waals surface area contributed by atoms with E-state index >= 15 is 0 Å². The Balaban J connectivity index is 1.39. The molecule has 5 heteroatoms. The third-order valence-electron chi connectivity index (χ3n) is 5.04. The van der Waals surface area contributed by atoms with Crippen molar-refractivity contribution in [1.82, 2.24) is 10.3 Å². The predicted octanol–water partition coefficient (Wildman–Crippen LogP) is 1.87. The molecule has 1 saturated heterocycles. The number of aromatic nitrogens is 1. The molecule has 0 bridgehead atoms. The second-order valence-electron chi connectivity index (χ2n) is 6.83. The largest absolute Gasteiger partial charge is 0.368 e. The zero-order chi connectivity index (χ0) is 14.9. The molecule has 3 aliphatic rings. The molecule has 2 N–H and O–H groups in total. The second kappa shape index (κ2) is 5.88. The molecule has 0 unspecified atom stereocenters. The van der Waals surface area contributed by atoms with Crippen LogP contribution in [0, 0.1) is 17.8 Å². The molecule has 2 heterocycles. The first kappa shape index (κ1) is 14.0. The Morgan fingerprint density at radius 3 is 2.41 bits per heavy atom. The number of rotatable bonds is 5. The zero-order valence-electron chi connectivity index (χ0n) is 12.9. The summed E-state index contributed by atoms with van der Waals surface area (Å²) in [6.07, 6.45) is 6.78. The minimum Gasteiger partial charge on any atom is -0.368 e. The van der Waals surface area contributed by atoms with Crippen molar-refractivity contribution in [2.45, 2.75) is 25.7 Å². The summed E-state index contributed by atoms with van der Waals surface area (Å²) in [6, 6.07) is 4.00. The van der Waals surface area contributed by atoms with Crippen molar-refractivity contribution in [3.63, 3.8) is 0 Å². The molecule has 0 spiro atoms. The molecule has 3 fully saturated rings. The lowest BCUT2D eigenvalue weighted by molar-refractivity contribution is -0.121. The quantitative estimate of drug-likeness (QED) is 0.871. The number of carbonyl (C=O) groups is 1. The summed E-state index contributed by atoms with van der Waals surface area (Å²) in [7, 11) is 0. The second-order valence-corrected chi connectivity index (χ2v) is 6.83. The third-order valence-corrected chi connectivity index (χ3v) is 5.04. The lowest BCUT2D eigenvalue weighted by atomic mass is 9.97. The fourth-order valence-electron chi connectivity index (χ4n) is 3.50. The van der Waals surface area contributed by atoms with Gasteiger partial charge in [0.15, 0.2) is 0 Å². The highest BCUT2D eigenvalue weighted by Gasteiger charge is 2.45. The Hall–Kier alpha value is -1.62. The van der Waals surface area contributed by atoms with Crippen LogP contribution in [0.25, 0.3) is 0 Å². The molecular weight excluding hydrogens is 276 g/mol. The van der Waals surface area contributed by atoms with Crippen molar-refractivity contribution in [3.8, 4) is 0 Å². The summed E-state index contributed by atoms with van der Waals surface area (Å²) in [5.74, 6) is 2.37. The predicted molar refractivity (Wildman–Crippen MR) is 86.9 cm³/mol. The van der Waals surface area contributed by atoms with E-state index in [4.69, 9.17) is 0 Å². The molecule has 5 nitrogen and oxygen atoms in total. The molecule has 2 saturated carbocycles. The first-order valence-electron chi connectivity index (χ1n) is 8.54. The molecule has 0 aromatic carbocycles. The highest BCUT2D eigenvalue weighted by atomic mass is 16.2. The molecule has 22 heavy (non-hydrogen) atoms. The third kappa shape index (κ3) is 3.09. The average molecular weight is 300 g/mol. The minimum absolute atomic E-state index is 0.187. The van der Waals surface area contributed by atoms with Gasteiger partial charge >= 0.3 is 0 Å². The van der Waals surface area contributed by atoms with Crippen LogP contribution in [0.4, 0.5) is 11.5 Å². The van der Waals surface area contributed by atoms with Crippen LogP contribution in [0.5, 0.6) is 0 Å². The Labute approximate surface area is 131 Å². The summed E-state index contributed by atoms with van der Waals surface area (Å²) in [5, 5.41) is 6.38. The van der Waals surface area contributed by atoms with Crippen LogP contribution in [0.3, 0.4) is 0 Å². The number of pyridine rings is 1. The van der Waals surface area contributed by atoms with Gasteiger partial charge in [-0.25, -0.2) is 4.98 Å². The summed E-state index contributed by atoms with van der Waals surface area (Å²) in [5.41, 5.74) is 1.14. The van der Waals surface area contributed by atoms with Crippen molar-refractivity contribution in [3.05, 3.63) is 18.3 Å². The van der Waals surface area contributed by atoms with E-state index in [-0.39, 0.29) is 11.8 Å². The normalized spacial score (nSPS) is 22.0. The Morgan fingerprint density at radius 2 is 1.86 bits per heavy atom. The summed E-state index contributed by atoms with van der Waals surface area (Å²) in [6.45, 7) is 4.06. The van der Waals surface area contributed by atoms with Crippen LogP contribution in [0.1, 0.15) is 25.7 Å². The summed E-state index contributed by atoms with van der Waals surface area (Å²) in [4.78, 5) is 19.3. The molecule has 1 aliphatic heterocycles. The van der Waals surface area contributed by atoms with Gasteiger partial charge in [0.2, 0.25) is 5.91 Å². The standard InChI is InChI=1S/C17H24N4O/c22-17(16(12-1-2-12)13-3-4-13)20-15-6-5-14(11-19-15)21-9-7-18-8-10-21/h5-6,11-13,16,18H,1-4,7-10H2,(H,19,20,22). The molecule has 1 aromatic heterocycles. The molecular formula is C17H24N4O. The number of carbonyl (C=O) groups excluding carboxylic acids is 1. The first-order chi connectivity index (χ1) is 10.8. The van der Waals surface area contributed by atoms with Gasteiger partial charge in [-0.2, -0.15) is 0 Å². The molecule has 2 aliphatic carbocycles. The number of nitrogens with one attached hydrogen (secondary N) is 2. The van der Waals surface area contributed by atoms with E-state index in [1.165, 1.54) is 25.7 Å². The fourth-order valence-corrected chi connectivity index (χ4v) is 3.50. The molecule has 1 amide bonds. The summed E-state index contributed by atoms with van der Waals surface area (Å²) >= 11 is 0. The molecule has 118 valence electrons. The number of hydrogen-bond donors (Lipinski definition) is 2. The van der Waals surface area contributed by atoms with Crippen LogP contribution < -0.4 is 15.5 Å². The maximum absolute atomic E-state index is 12.5. The van der Waals surface area contributed by atoms with Gasteiger partial charge < -0.3 is 15.5 Å². The smallest absolute Gasteiger partial charge is 0.229 e. The van der Waals surface area contributed by atoms with E-state index in [1.807, 2.05) is 12.3 Å². The zero-order valence-corrected chi connectivity index (χ0v) is 12.9. The van der Waals surface area contributed by atoms with Gasteiger partial charge in [0.1, 0.15) is 5.82 Å². The van der Waals surface area contributed by atoms with Gasteiger partial charge in [-0.05, 0) is 49.7 Å². The Morgan fingerprint density at radius 1 is 1.18 bits per heavy atom. The minimum atomic E-state index is 0.187. The maximum Gasteiger partial charge on any atom is 0.229 e. The van der Waals surface area contributed by atoms with Crippen LogP contribution in [-0.4, -0.2) is 37.1 Å². The average Bonchev–Trinajstić information content (AvgIpc) is 3.44. The van der Waals surface area contributed by atoms with Gasteiger partial charge in [0.05, 0.1) is 11.9 Å². The van der Waals surface area contributed by atoms with Gasteiger partial charge in [-0.3, -0.25) is 4.79 Å². The first-order valence-corrected chi connectivity index (χ1v) is 8.54. The van der Waals surface area contributed by atoms with Crippen molar-refractivity contribution in [2.24, 2.45) is 17.8 Å². The van der Waals surface area contributed by atoms with E-state index < -0.39 is 0 Å². The SMILES string of the molecule is O=C(Nc1ccc(N2CCNCC2)cn1)C(C1CC1)C1CC1. The highest BCUT2D eigenvalue weighted by molar-refractivity contribution is 5.92.